The quantitative estimate of drug-likeness (QED) is 0.0824. The number of esters is 2. The van der Waals surface area contributed by atoms with Crippen LogP contribution in [0.2, 0.25) is 0 Å². The number of rotatable bonds is 6. The van der Waals surface area contributed by atoms with Gasteiger partial charge < -0.3 is 85.3 Å². The number of hydrogen-bond donors (Lipinski definition) is 13. The summed E-state index contributed by atoms with van der Waals surface area (Å²) in [6, 6.07) is 10.2. The number of carbonyl (C=O) groups excluding carboxylic acids is 2. The maximum Gasteiger partial charge on any atom is 0.338 e. The number of hydrogen-bond acceptors (Lipinski definition) is 20. The molecule has 6 aromatic carbocycles. The first-order valence-electron chi connectivity index (χ1n) is 18.4. The van der Waals surface area contributed by atoms with Crippen molar-refractivity contribution >= 4 is 22.7 Å². The fourth-order valence-corrected chi connectivity index (χ4v) is 7.54. The summed E-state index contributed by atoms with van der Waals surface area (Å²) in [5.41, 5.74) is -2.63. The van der Waals surface area contributed by atoms with E-state index in [2.05, 4.69) is 0 Å². The van der Waals surface area contributed by atoms with E-state index in [0.717, 1.165) is 66.7 Å². The van der Waals surface area contributed by atoms with Gasteiger partial charge in [-0.05, 0) is 47.9 Å². The molecule has 6 aromatic rings. The van der Waals surface area contributed by atoms with E-state index in [1.54, 1.807) is 0 Å². The van der Waals surface area contributed by atoms with Gasteiger partial charge in [-0.15, -0.1) is 0 Å². The number of aromatic hydroxyl groups is 13. The van der Waals surface area contributed by atoms with Crippen molar-refractivity contribution in [1.29, 1.82) is 0 Å². The van der Waals surface area contributed by atoms with Crippen LogP contribution in [0.25, 0.3) is 10.8 Å². The van der Waals surface area contributed by atoms with Crippen molar-refractivity contribution in [3.8, 4) is 86.2 Å². The van der Waals surface area contributed by atoms with Crippen LogP contribution in [0, 0.1) is 0 Å². The minimum Gasteiger partial charge on any atom is -0.508 e. The SMILES string of the molecule is O=C(O[C@H]1Cc2c(O)cc(O)cc2O[C@H]1c1cc(O)c(O)c2c(O)c(=O)cc([C@H]3Oc4cc(O)cc(O)c4C[C@H]3OC(=O)c3cc(O)c(O)c(O)c3)cc12)c1cc(O)c(O)c(O)c1. The summed E-state index contributed by atoms with van der Waals surface area (Å²) in [5, 5.41) is 135. The Kier molecular flexibility index (Phi) is 9.77. The Bertz CT molecular complexity index is 2950. The summed E-state index contributed by atoms with van der Waals surface area (Å²) >= 11 is 0. The van der Waals surface area contributed by atoms with E-state index < -0.39 is 139 Å². The van der Waals surface area contributed by atoms with Crippen LogP contribution in [0.5, 0.6) is 86.2 Å². The summed E-state index contributed by atoms with van der Waals surface area (Å²) < 4.78 is 23.9. The number of phenols is 12. The largest absolute Gasteiger partial charge is 0.508 e. The molecule has 0 fully saturated rings. The minimum atomic E-state index is -1.65. The van der Waals surface area contributed by atoms with Crippen LogP contribution in [0.3, 0.4) is 0 Å². The Balaban J connectivity index is 1.31. The lowest BCUT2D eigenvalue weighted by atomic mass is 9.89. The normalized spacial score (nSPS) is 17.7. The van der Waals surface area contributed by atoms with E-state index in [1.165, 1.54) is 0 Å². The van der Waals surface area contributed by atoms with Gasteiger partial charge in [0.2, 0.25) is 5.43 Å². The van der Waals surface area contributed by atoms with E-state index in [1.807, 2.05) is 0 Å². The predicted molar refractivity (Wildman–Crippen MR) is 210 cm³/mol. The second kappa shape index (κ2) is 15.0. The molecule has 0 unspecified atom stereocenters. The van der Waals surface area contributed by atoms with E-state index in [0.29, 0.717) is 0 Å². The van der Waals surface area contributed by atoms with Crippen LogP contribution in [0.1, 0.15) is 55.2 Å². The second-order valence-electron chi connectivity index (χ2n) is 14.6. The molecular formula is C43H32O20. The van der Waals surface area contributed by atoms with Crippen LogP contribution in [0.4, 0.5) is 0 Å². The summed E-state index contributed by atoms with van der Waals surface area (Å²) in [6.07, 6.45) is -7.16. The molecule has 0 amide bonds. The zero-order chi connectivity index (χ0) is 45.3. The van der Waals surface area contributed by atoms with E-state index >= 15 is 0 Å². The van der Waals surface area contributed by atoms with Crippen LogP contribution in [0.15, 0.2) is 71.5 Å². The molecule has 4 atom stereocenters. The Morgan fingerprint density at radius 2 is 0.905 bits per heavy atom. The summed E-state index contributed by atoms with van der Waals surface area (Å²) in [4.78, 5) is 40.9. The molecule has 20 heteroatoms. The number of carbonyl (C=O) groups is 2. The first-order chi connectivity index (χ1) is 29.8. The molecule has 0 bridgehead atoms. The first kappa shape index (κ1) is 40.9. The van der Waals surface area contributed by atoms with Crippen molar-refractivity contribution < 1.29 is 94.9 Å². The highest BCUT2D eigenvalue weighted by molar-refractivity contribution is 5.98. The van der Waals surface area contributed by atoms with Crippen molar-refractivity contribution in [2.24, 2.45) is 0 Å². The van der Waals surface area contributed by atoms with Crippen LogP contribution in [-0.2, 0) is 22.3 Å². The molecule has 0 saturated carbocycles. The number of benzene rings is 5. The zero-order valence-electron chi connectivity index (χ0n) is 31.7. The average molecular weight is 869 g/mol. The van der Waals surface area contributed by atoms with Crippen molar-refractivity contribution in [3.63, 3.8) is 0 Å². The molecule has 2 aliphatic rings. The predicted octanol–water partition coefficient (Wildman–Crippen LogP) is 4.18. The van der Waals surface area contributed by atoms with E-state index in [-0.39, 0.29) is 45.6 Å². The molecule has 0 spiro atoms. The van der Waals surface area contributed by atoms with Gasteiger partial charge in [0, 0.05) is 59.4 Å². The molecule has 2 aliphatic heterocycles. The molecule has 324 valence electrons. The molecule has 8 rings (SSSR count). The third kappa shape index (κ3) is 7.19. The molecule has 20 nitrogen and oxygen atoms in total. The van der Waals surface area contributed by atoms with E-state index in [9.17, 15) is 80.8 Å². The highest BCUT2D eigenvalue weighted by Crippen LogP contribution is 2.50. The van der Waals surface area contributed by atoms with Crippen LogP contribution >= 0.6 is 0 Å². The summed E-state index contributed by atoms with van der Waals surface area (Å²) in [7, 11) is 0. The fraction of sp³-hybridized carbons (Fsp3) is 0.140. The van der Waals surface area contributed by atoms with Gasteiger partial charge in [-0.2, -0.15) is 0 Å². The smallest absolute Gasteiger partial charge is 0.338 e. The van der Waals surface area contributed by atoms with Crippen molar-refractivity contribution in [2.45, 2.75) is 37.3 Å². The van der Waals surface area contributed by atoms with Gasteiger partial charge in [0.1, 0.15) is 46.7 Å². The molecular weight excluding hydrogens is 836 g/mol. The van der Waals surface area contributed by atoms with Crippen LogP contribution < -0.4 is 14.9 Å². The van der Waals surface area contributed by atoms with Gasteiger partial charge in [-0.25, -0.2) is 9.59 Å². The van der Waals surface area contributed by atoms with Crippen molar-refractivity contribution in [3.05, 3.63) is 110 Å². The topological polar surface area (TPSA) is 351 Å². The highest BCUT2D eigenvalue weighted by Gasteiger charge is 2.41. The first-order valence-corrected chi connectivity index (χ1v) is 18.4. The van der Waals surface area contributed by atoms with Crippen molar-refractivity contribution in [1.82, 2.24) is 0 Å². The Labute approximate surface area is 351 Å². The lowest BCUT2D eigenvalue weighted by molar-refractivity contribution is -0.0193. The molecule has 0 aliphatic carbocycles. The minimum absolute atomic E-state index is 0.00203. The standard InChI is InChI=1S/C43H32O20/c44-17-7-23(46)21-12-33(62-42(58)15-3-25(48)36(54)26(49)4-15)40(60-31(21)9-17)14-1-19-20(11-30(53)39(57)35(19)38(56)29(52)2-14)41-34(13-22-24(47)8-18(45)10-32(22)61-41)63-43(59)16-5-27(50)37(55)28(51)6-16/h1-11,33-34,40-41,44-51,53-55,57H,12-13H2,(H,52,56)/t33-,34+,40-,41+/m1/s1. The third-order valence-electron chi connectivity index (χ3n) is 10.5. The summed E-state index contributed by atoms with van der Waals surface area (Å²) in [5.74, 6) is -13.3. The highest BCUT2D eigenvalue weighted by atomic mass is 16.6. The molecule has 0 aromatic heterocycles. The number of fused-ring (bicyclic) bond motifs is 3. The van der Waals surface area contributed by atoms with Gasteiger partial charge in [-0.3, -0.25) is 4.79 Å². The number of ether oxygens (including phenoxy) is 4. The third-order valence-corrected chi connectivity index (χ3v) is 10.5. The van der Waals surface area contributed by atoms with Gasteiger partial charge in [0.15, 0.2) is 64.0 Å². The maximum atomic E-state index is 13.8. The molecule has 0 radical (unpaired) electrons. The fourth-order valence-electron chi connectivity index (χ4n) is 7.54. The van der Waals surface area contributed by atoms with Gasteiger partial charge >= 0.3 is 11.9 Å². The monoisotopic (exact) mass is 868 g/mol. The Hall–Kier alpha value is -8.81. The Morgan fingerprint density at radius 3 is 1.38 bits per heavy atom. The lowest BCUT2D eigenvalue weighted by Gasteiger charge is -2.35. The second-order valence-corrected chi connectivity index (χ2v) is 14.6. The van der Waals surface area contributed by atoms with Gasteiger partial charge in [0.05, 0.1) is 16.5 Å². The zero-order valence-corrected chi connectivity index (χ0v) is 31.7. The summed E-state index contributed by atoms with van der Waals surface area (Å²) in [6.45, 7) is 0. The van der Waals surface area contributed by atoms with Crippen LogP contribution in [-0.4, -0.2) is 90.5 Å². The maximum absolute atomic E-state index is 13.8. The van der Waals surface area contributed by atoms with E-state index in [4.69, 9.17) is 18.9 Å². The Morgan fingerprint density at radius 1 is 0.476 bits per heavy atom. The van der Waals surface area contributed by atoms with Gasteiger partial charge in [-0.1, -0.05) is 0 Å². The lowest BCUT2D eigenvalue weighted by Crippen LogP contribution is -2.35. The van der Waals surface area contributed by atoms with Crippen molar-refractivity contribution in [2.75, 3.05) is 0 Å². The average Bonchev–Trinajstić information content (AvgIpc) is 3.35. The molecule has 13 N–H and O–H groups in total. The number of phenolic OH excluding ortho intramolecular Hbond substituents is 12. The van der Waals surface area contributed by atoms with Gasteiger partial charge in [0.25, 0.3) is 0 Å². The molecule has 2 heterocycles. The molecule has 63 heavy (non-hydrogen) atoms. The molecule has 0 saturated heterocycles.